The molecule has 0 amide bonds. The summed E-state index contributed by atoms with van der Waals surface area (Å²) in [6.07, 6.45) is 6.37. The van der Waals surface area contributed by atoms with Gasteiger partial charge in [-0.15, -0.1) is 11.3 Å². The fourth-order valence-corrected chi connectivity index (χ4v) is 7.67. The molecular formula is C30H33ClN4O2S2. The van der Waals surface area contributed by atoms with Crippen molar-refractivity contribution < 1.29 is 8.42 Å². The molecule has 0 spiro atoms. The molecule has 4 aromatic rings. The number of rotatable bonds is 7. The van der Waals surface area contributed by atoms with Gasteiger partial charge in [0.15, 0.2) is 9.84 Å². The lowest BCUT2D eigenvalue weighted by atomic mass is 10.0. The van der Waals surface area contributed by atoms with Crippen LogP contribution >= 0.6 is 22.9 Å². The van der Waals surface area contributed by atoms with Gasteiger partial charge < -0.3 is 4.90 Å². The van der Waals surface area contributed by atoms with Gasteiger partial charge in [-0.1, -0.05) is 35.9 Å². The molecule has 0 N–H and O–H groups in total. The zero-order valence-electron chi connectivity index (χ0n) is 22.1. The fraction of sp³-hybridized carbons (Fsp3) is 0.367. The summed E-state index contributed by atoms with van der Waals surface area (Å²) in [4.78, 5) is 7.59. The number of aromatic nitrogens is 2. The van der Waals surface area contributed by atoms with Crippen LogP contribution < -0.4 is 0 Å². The van der Waals surface area contributed by atoms with E-state index in [1.165, 1.54) is 45.0 Å². The van der Waals surface area contributed by atoms with E-state index in [1.54, 1.807) is 29.5 Å². The van der Waals surface area contributed by atoms with E-state index in [1.807, 2.05) is 41.1 Å². The maximum Gasteiger partial charge on any atom is 0.175 e. The first kappa shape index (κ1) is 26.7. The molecule has 0 aliphatic carbocycles. The van der Waals surface area contributed by atoms with Crippen LogP contribution in [0.2, 0.25) is 5.02 Å². The molecule has 9 heteroatoms. The second-order valence-corrected chi connectivity index (χ2v) is 14.1. The average Bonchev–Trinajstić information content (AvgIpc) is 3.70. The topological polar surface area (TPSA) is 58.4 Å². The van der Waals surface area contributed by atoms with Crippen LogP contribution in [-0.4, -0.2) is 66.5 Å². The summed E-state index contributed by atoms with van der Waals surface area (Å²) in [5.74, 6) is 0. The standard InChI is InChI=1S/C30H33ClN4O2S2/c1-39(36,37)25-8-6-7-22(19-25)29-11-12-30(38-29)28-20-23(32-35(28)27-10-3-2-9-26(27)31)21-33-17-13-24(14-18-33)34-15-4-5-16-34/h2-3,6-12,19-20,24H,4-5,13-18,21H2,1H3. The average molecular weight is 581 g/mol. The molecule has 2 fully saturated rings. The lowest BCUT2D eigenvalue weighted by Crippen LogP contribution is -2.43. The number of para-hydroxylation sites is 1. The molecule has 204 valence electrons. The quantitative estimate of drug-likeness (QED) is 0.254. The Hall–Kier alpha value is -2.49. The predicted octanol–water partition coefficient (Wildman–Crippen LogP) is 6.38. The first-order chi connectivity index (χ1) is 18.8. The number of thiophene rings is 1. The zero-order chi connectivity index (χ0) is 27.0. The monoisotopic (exact) mass is 580 g/mol. The zero-order valence-corrected chi connectivity index (χ0v) is 24.5. The minimum Gasteiger partial charge on any atom is -0.300 e. The van der Waals surface area contributed by atoms with E-state index < -0.39 is 9.84 Å². The lowest BCUT2D eigenvalue weighted by Gasteiger charge is -2.36. The highest BCUT2D eigenvalue weighted by atomic mass is 35.5. The van der Waals surface area contributed by atoms with Crippen molar-refractivity contribution in [3.63, 3.8) is 0 Å². The number of nitrogens with zero attached hydrogens (tertiary/aromatic N) is 4. The van der Waals surface area contributed by atoms with Crippen LogP contribution in [0.5, 0.6) is 0 Å². The van der Waals surface area contributed by atoms with Crippen LogP contribution in [-0.2, 0) is 16.4 Å². The van der Waals surface area contributed by atoms with Gasteiger partial charge in [0, 0.05) is 36.8 Å². The van der Waals surface area contributed by atoms with E-state index in [0.717, 1.165) is 58.1 Å². The van der Waals surface area contributed by atoms with E-state index in [-0.39, 0.29) is 0 Å². The van der Waals surface area contributed by atoms with Gasteiger partial charge in [0.25, 0.3) is 0 Å². The SMILES string of the molecule is CS(=O)(=O)c1cccc(-c2ccc(-c3cc(CN4CCC(N5CCCC5)CC4)nn3-c3ccccc3Cl)s2)c1. The molecule has 0 atom stereocenters. The Kier molecular flexibility index (Phi) is 7.66. The van der Waals surface area contributed by atoms with Crippen molar-refractivity contribution in [3.05, 3.63) is 77.4 Å². The summed E-state index contributed by atoms with van der Waals surface area (Å²) >= 11 is 8.26. The van der Waals surface area contributed by atoms with Gasteiger partial charge in [0.1, 0.15) is 0 Å². The van der Waals surface area contributed by atoms with Crippen molar-refractivity contribution >= 4 is 32.8 Å². The second kappa shape index (κ2) is 11.2. The number of sulfone groups is 1. The van der Waals surface area contributed by atoms with Crippen molar-refractivity contribution in [3.8, 4) is 26.7 Å². The third kappa shape index (κ3) is 5.86. The van der Waals surface area contributed by atoms with E-state index in [9.17, 15) is 8.42 Å². The fourth-order valence-electron chi connectivity index (χ4n) is 5.78. The van der Waals surface area contributed by atoms with Crippen LogP contribution in [0.3, 0.4) is 0 Å². The minimum absolute atomic E-state index is 0.326. The normalized spacial score (nSPS) is 17.7. The van der Waals surface area contributed by atoms with Crippen molar-refractivity contribution in [2.24, 2.45) is 0 Å². The first-order valence-electron chi connectivity index (χ1n) is 13.6. The summed E-state index contributed by atoms with van der Waals surface area (Å²) in [6.45, 7) is 5.52. The summed E-state index contributed by atoms with van der Waals surface area (Å²) in [6, 6.07) is 22.0. The Bertz CT molecular complexity index is 1570. The van der Waals surface area contributed by atoms with Crippen molar-refractivity contribution in [1.29, 1.82) is 0 Å². The molecule has 6 rings (SSSR count). The van der Waals surface area contributed by atoms with Crippen molar-refractivity contribution in [2.45, 2.75) is 43.2 Å². The van der Waals surface area contributed by atoms with Gasteiger partial charge in [-0.25, -0.2) is 13.1 Å². The molecule has 0 radical (unpaired) electrons. The summed E-state index contributed by atoms with van der Waals surface area (Å²) in [5, 5.41) is 5.69. The Morgan fingerprint density at radius 2 is 1.67 bits per heavy atom. The molecule has 6 nitrogen and oxygen atoms in total. The summed E-state index contributed by atoms with van der Waals surface area (Å²) in [5.41, 5.74) is 3.75. The van der Waals surface area contributed by atoms with E-state index in [4.69, 9.17) is 16.7 Å². The Labute approximate surface area is 239 Å². The van der Waals surface area contributed by atoms with Gasteiger partial charge in [0.05, 0.1) is 31.9 Å². The maximum absolute atomic E-state index is 12.1. The molecule has 4 heterocycles. The van der Waals surface area contributed by atoms with E-state index in [2.05, 4.69) is 21.9 Å². The third-order valence-electron chi connectivity index (χ3n) is 7.85. The number of hydrogen-bond donors (Lipinski definition) is 0. The highest BCUT2D eigenvalue weighted by Crippen LogP contribution is 2.37. The van der Waals surface area contributed by atoms with Gasteiger partial charge >= 0.3 is 0 Å². The van der Waals surface area contributed by atoms with Gasteiger partial charge in [-0.05, 0) is 86.8 Å². The molecule has 0 bridgehead atoms. The largest absolute Gasteiger partial charge is 0.300 e. The lowest BCUT2D eigenvalue weighted by molar-refractivity contribution is 0.122. The Balaban J connectivity index is 1.28. The highest BCUT2D eigenvalue weighted by Gasteiger charge is 2.27. The molecular weight excluding hydrogens is 548 g/mol. The molecule has 2 aliphatic rings. The molecule has 2 aromatic heterocycles. The minimum atomic E-state index is -3.28. The smallest absolute Gasteiger partial charge is 0.175 e. The van der Waals surface area contributed by atoms with Crippen LogP contribution in [0.1, 0.15) is 31.4 Å². The van der Waals surface area contributed by atoms with Crippen LogP contribution in [0.15, 0.2) is 71.6 Å². The maximum atomic E-state index is 12.1. The number of benzene rings is 2. The van der Waals surface area contributed by atoms with Crippen LogP contribution in [0.4, 0.5) is 0 Å². The second-order valence-electron chi connectivity index (χ2n) is 10.6. The van der Waals surface area contributed by atoms with Crippen molar-refractivity contribution in [1.82, 2.24) is 19.6 Å². The van der Waals surface area contributed by atoms with Crippen LogP contribution in [0, 0.1) is 0 Å². The van der Waals surface area contributed by atoms with Gasteiger partial charge in [-0.3, -0.25) is 4.90 Å². The van der Waals surface area contributed by atoms with Gasteiger partial charge in [-0.2, -0.15) is 5.10 Å². The Morgan fingerprint density at radius 3 is 2.41 bits per heavy atom. The molecule has 2 aliphatic heterocycles. The molecule has 0 saturated carbocycles. The van der Waals surface area contributed by atoms with E-state index in [0.29, 0.717) is 9.92 Å². The molecule has 39 heavy (non-hydrogen) atoms. The number of piperidine rings is 1. The number of hydrogen-bond acceptors (Lipinski definition) is 6. The highest BCUT2D eigenvalue weighted by molar-refractivity contribution is 7.90. The van der Waals surface area contributed by atoms with Gasteiger partial charge in [0.2, 0.25) is 0 Å². The molecule has 2 saturated heterocycles. The van der Waals surface area contributed by atoms with E-state index >= 15 is 0 Å². The Morgan fingerprint density at radius 1 is 0.923 bits per heavy atom. The molecule has 2 aromatic carbocycles. The first-order valence-corrected chi connectivity index (χ1v) is 16.6. The predicted molar refractivity (Wildman–Crippen MR) is 160 cm³/mol. The summed E-state index contributed by atoms with van der Waals surface area (Å²) < 4.78 is 26.2. The summed E-state index contributed by atoms with van der Waals surface area (Å²) in [7, 11) is -3.28. The van der Waals surface area contributed by atoms with Crippen molar-refractivity contribution in [2.75, 3.05) is 32.4 Å². The molecule has 0 unspecified atom stereocenters. The van der Waals surface area contributed by atoms with Crippen LogP contribution in [0.25, 0.3) is 26.7 Å². The number of halogens is 1. The number of likely N-dealkylation sites (tertiary alicyclic amines) is 2. The third-order valence-corrected chi connectivity index (χ3v) is 10.4.